The van der Waals surface area contributed by atoms with E-state index in [2.05, 4.69) is 27.5 Å². The quantitative estimate of drug-likeness (QED) is 0.358. The molecule has 7 rings (SSSR count). The molecule has 46 heavy (non-hydrogen) atoms. The molecule has 10 heteroatoms. The van der Waals surface area contributed by atoms with E-state index in [1.165, 1.54) is 37.2 Å². The first-order chi connectivity index (χ1) is 21.9. The number of Topliss-reactive ketones (excluding diaryl/α,β-unsaturated/α-hetero) is 1. The lowest BCUT2D eigenvalue weighted by atomic mass is 9.65. The zero-order valence-corrected chi connectivity index (χ0v) is 28.7. The second-order valence-electron chi connectivity index (χ2n) is 17.1. The number of carbonyl (C=O) groups is 2. The molecule has 3 saturated heterocycles. The van der Waals surface area contributed by atoms with E-state index in [9.17, 15) is 14.8 Å². The van der Waals surface area contributed by atoms with Crippen LogP contribution >= 0.6 is 0 Å². The second kappa shape index (κ2) is 12.4. The van der Waals surface area contributed by atoms with Gasteiger partial charge in [0.25, 0.3) is 5.91 Å². The van der Waals surface area contributed by atoms with Gasteiger partial charge in [0.2, 0.25) is 0 Å². The lowest BCUT2D eigenvalue weighted by Crippen LogP contribution is -2.73. The predicted octanol–water partition coefficient (Wildman–Crippen LogP) is 4.04. The van der Waals surface area contributed by atoms with E-state index in [0.29, 0.717) is 31.0 Å². The van der Waals surface area contributed by atoms with Crippen LogP contribution in [-0.2, 0) is 14.3 Å². The van der Waals surface area contributed by atoms with Crippen LogP contribution < -0.4 is 10.6 Å². The molecule has 4 aliphatic heterocycles. The van der Waals surface area contributed by atoms with E-state index in [1.54, 1.807) is 0 Å². The first-order valence-electron chi connectivity index (χ1n) is 18.4. The third-order valence-corrected chi connectivity index (χ3v) is 13.6. The summed E-state index contributed by atoms with van der Waals surface area (Å²) in [5.41, 5.74) is -0.623. The summed E-state index contributed by atoms with van der Waals surface area (Å²) >= 11 is 0. The van der Waals surface area contributed by atoms with E-state index >= 15 is 4.39 Å². The number of rotatable bonds is 7. The van der Waals surface area contributed by atoms with Crippen molar-refractivity contribution in [1.82, 2.24) is 25.5 Å². The third kappa shape index (κ3) is 5.65. The molecule has 0 aromatic rings. The number of fused-ring (bicyclic) bond motifs is 3. The first kappa shape index (κ1) is 32.9. The van der Waals surface area contributed by atoms with Crippen LogP contribution in [0.25, 0.3) is 0 Å². The molecule has 0 aromatic heterocycles. The summed E-state index contributed by atoms with van der Waals surface area (Å²) in [6.07, 6.45) is 11.1. The number of amides is 1. The molecular weight excluding hydrogens is 585 g/mol. The number of halogens is 1. The highest BCUT2D eigenvalue weighted by molar-refractivity contribution is 6.20. The van der Waals surface area contributed by atoms with Gasteiger partial charge in [0.15, 0.2) is 5.78 Å². The van der Waals surface area contributed by atoms with Crippen LogP contribution in [-0.4, -0.2) is 112 Å². The Morgan fingerprint density at radius 1 is 1.09 bits per heavy atom. The van der Waals surface area contributed by atoms with Crippen molar-refractivity contribution in [2.45, 2.75) is 152 Å². The van der Waals surface area contributed by atoms with Crippen molar-refractivity contribution in [2.75, 3.05) is 26.7 Å². The number of ether oxygens (including phenoxy) is 1. The Morgan fingerprint density at radius 2 is 1.83 bits per heavy atom. The summed E-state index contributed by atoms with van der Waals surface area (Å²) < 4.78 is 23.4. The molecule has 0 spiro atoms. The molecule has 0 aromatic carbocycles. The third-order valence-electron chi connectivity index (χ3n) is 13.6. The van der Waals surface area contributed by atoms with Crippen molar-refractivity contribution in [3.05, 3.63) is 11.8 Å². The molecule has 0 bridgehead atoms. The van der Waals surface area contributed by atoms with Crippen LogP contribution in [0, 0.1) is 23.7 Å². The van der Waals surface area contributed by atoms with Crippen molar-refractivity contribution in [2.24, 2.45) is 23.7 Å². The Bertz CT molecular complexity index is 1210. The second-order valence-corrected chi connectivity index (χ2v) is 17.1. The van der Waals surface area contributed by atoms with Crippen LogP contribution in [0.2, 0.25) is 0 Å². The van der Waals surface area contributed by atoms with E-state index in [0.717, 1.165) is 38.6 Å². The minimum absolute atomic E-state index is 0.0442. The van der Waals surface area contributed by atoms with Crippen molar-refractivity contribution in [1.29, 1.82) is 0 Å². The van der Waals surface area contributed by atoms with Gasteiger partial charge >= 0.3 is 0 Å². The highest BCUT2D eigenvalue weighted by Gasteiger charge is 2.60. The first-order valence-corrected chi connectivity index (χ1v) is 18.4. The number of hydrogen-bond acceptors (Lipinski definition) is 8. The Morgan fingerprint density at radius 3 is 2.50 bits per heavy atom. The summed E-state index contributed by atoms with van der Waals surface area (Å²) in [6.45, 7) is 10.4. The van der Waals surface area contributed by atoms with Crippen LogP contribution in [0.15, 0.2) is 11.8 Å². The molecule has 0 radical (unpaired) electrons. The van der Waals surface area contributed by atoms with Gasteiger partial charge in [0.05, 0.1) is 35.9 Å². The zero-order chi connectivity index (χ0) is 32.5. The summed E-state index contributed by atoms with van der Waals surface area (Å²) in [7, 11) is 2.13. The summed E-state index contributed by atoms with van der Waals surface area (Å²) in [6, 6.07) is -0.283. The van der Waals surface area contributed by atoms with Gasteiger partial charge < -0.3 is 30.4 Å². The molecule has 258 valence electrons. The number of ketones is 1. The normalized spacial score (nSPS) is 43.5. The van der Waals surface area contributed by atoms with Gasteiger partial charge in [-0.3, -0.25) is 9.59 Å². The highest BCUT2D eigenvalue weighted by Crippen LogP contribution is 2.50. The monoisotopic (exact) mass is 643 g/mol. The predicted molar refractivity (Wildman–Crippen MR) is 174 cm³/mol. The fraction of sp³-hybridized carbons (Fsp3) is 0.889. The minimum atomic E-state index is -1.28. The highest BCUT2D eigenvalue weighted by atomic mass is 19.1. The van der Waals surface area contributed by atoms with Gasteiger partial charge in [0.1, 0.15) is 6.17 Å². The summed E-state index contributed by atoms with van der Waals surface area (Å²) in [5.74, 6) is 0.235. The lowest BCUT2D eigenvalue weighted by molar-refractivity contribution is -0.209. The molecule has 9 nitrogen and oxygen atoms in total. The van der Waals surface area contributed by atoms with E-state index in [1.807, 2.05) is 33.9 Å². The fourth-order valence-corrected chi connectivity index (χ4v) is 11.0. The number of carbonyl (C=O) groups excluding carboxylic acids is 2. The number of hydrogen-bond donors (Lipinski definition) is 3. The van der Waals surface area contributed by atoms with E-state index < -0.39 is 29.8 Å². The topological polar surface area (TPSA) is 97.4 Å². The van der Waals surface area contributed by atoms with Crippen LogP contribution in [0.3, 0.4) is 0 Å². The van der Waals surface area contributed by atoms with E-state index in [4.69, 9.17) is 4.74 Å². The fourth-order valence-electron chi connectivity index (χ4n) is 11.0. The molecule has 4 heterocycles. The van der Waals surface area contributed by atoms with Gasteiger partial charge in [-0.1, -0.05) is 25.7 Å². The standard InChI is InChI=1S/C36H58FN5O4/c1-35(2)18-23(36(3,4)42(35)45)19-39-30-27(37)17-25-31-33(30)46-29-16-22-10-7-6-9-21(22)15-28(29)41(31)20-26(32(25)43)34(44)38-13-12-24-11-8-14-40(24)5/h20-25,27-31,33,39,45H,6-19H2,1-5H3,(H,38,44). The van der Waals surface area contributed by atoms with Gasteiger partial charge in [0, 0.05) is 42.3 Å². The van der Waals surface area contributed by atoms with Crippen molar-refractivity contribution in [3.63, 3.8) is 0 Å². The molecule has 3 saturated carbocycles. The SMILES string of the molecule is CN1CCCC1CCNC(=O)C1=CN2C3CC4CCCCC4CC3OC3C(NCC4CC(C)(C)N(O)C4(C)C)C(F)CC(C1=O)C32. The molecule has 11 unspecified atom stereocenters. The zero-order valence-electron chi connectivity index (χ0n) is 28.7. The molecule has 3 aliphatic carbocycles. The van der Waals surface area contributed by atoms with Crippen molar-refractivity contribution < 1.29 is 23.9 Å². The van der Waals surface area contributed by atoms with E-state index in [-0.39, 0.29) is 53.3 Å². The summed E-state index contributed by atoms with van der Waals surface area (Å²) in [4.78, 5) is 32.3. The Balaban J connectivity index is 1.14. The van der Waals surface area contributed by atoms with Crippen molar-refractivity contribution in [3.8, 4) is 0 Å². The maximum absolute atomic E-state index is 16.4. The largest absolute Gasteiger partial charge is 0.369 e. The van der Waals surface area contributed by atoms with Crippen LogP contribution in [0.5, 0.6) is 0 Å². The van der Waals surface area contributed by atoms with Gasteiger partial charge in [-0.05, 0) is 104 Å². The molecular formula is C36H58FN5O4. The average molecular weight is 644 g/mol. The number of morpholine rings is 1. The Hall–Kier alpha value is -1.59. The number of alkyl halides is 1. The molecule has 11 atom stereocenters. The van der Waals surface area contributed by atoms with Crippen LogP contribution in [0.1, 0.15) is 98.3 Å². The maximum Gasteiger partial charge on any atom is 0.256 e. The number of hydroxylamine groups is 2. The van der Waals surface area contributed by atoms with Gasteiger partial charge in [-0.2, -0.15) is 5.06 Å². The lowest BCUT2D eigenvalue weighted by Gasteiger charge is -2.61. The molecule has 3 N–H and O–H groups in total. The van der Waals surface area contributed by atoms with Gasteiger partial charge in [-0.25, -0.2) is 4.39 Å². The van der Waals surface area contributed by atoms with Crippen molar-refractivity contribution >= 4 is 11.7 Å². The number of likely N-dealkylation sites (tertiary alicyclic amines) is 1. The van der Waals surface area contributed by atoms with Gasteiger partial charge in [-0.15, -0.1) is 0 Å². The summed E-state index contributed by atoms with van der Waals surface area (Å²) in [5, 5.41) is 19.0. The molecule has 1 amide bonds. The Kier molecular flexibility index (Phi) is 8.86. The Labute approximate surface area is 275 Å². The molecule has 7 aliphatic rings. The van der Waals surface area contributed by atoms with Crippen LogP contribution in [0.4, 0.5) is 4.39 Å². The number of nitrogens with one attached hydrogen (secondary N) is 2. The average Bonchev–Trinajstić information content (AvgIpc) is 3.49. The smallest absolute Gasteiger partial charge is 0.256 e. The number of nitrogens with zero attached hydrogens (tertiary/aromatic N) is 3. The minimum Gasteiger partial charge on any atom is -0.369 e. The maximum atomic E-state index is 16.4. The molecule has 6 fully saturated rings.